The predicted octanol–water partition coefficient (Wildman–Crippen LogP) is 2.49. The van der Waals surface area contributed by atoms with Gasteiger partial charge in [-0.2, -0.15) is 0 Å². The molecule has 2 heterocycles. The van der Waals surface area contributed by atoms with Crippen LogP contribution >= 0.6 is 11.3 Å². The highest BCUT2D eigenvalue weighted by Crippen LogP contribution is 2.32. The van der Waals surface area contributed by atoms with Gasteiger partial charge in [0, 0.05) is 11.3 Å². The van der Waals surface area contributed by atoms with Crippen LogP contribution in [0.15, 0.2) is 41.8 Å². The summed E-state index contributed by atoms with van der Waals surface area (Å²) in [5.74, 6) is 1.45. The van der Waals surface area contributed by atoms with Crippen molar-refractivity contribution in [2.45, 2.75) is 18.6 Å². The lowest BCUT2D eigenvalue weighted by Crippen LogP contribution is -2.40. The van der Waals surface area contributed by atoms with Crippen LogP contribution in [0.25, 0.3) is 0 Å². The van der Waals surface area contributed by atoms with Crippen LogP contribution in [0.2, 0.25) is 0 Å². The van der Waals surface area contributed by atoms with Crippen molar-refractivity contribution in [1.82, 2.24) is 0 Å². The number of aliphatic hydroxyl groups excluding tert-OH is 1. The van der Waals surface area contributed by atoms with E-state index >= 15 is 0 Å². The minimum atomic E-state index is -0.544. The molecule has 1 aromatic heterocycles. The summed E-state index contributed by atoms with van der Waals surface area (Å²) in [5, 5.41) is 12.2. The van der Waals surface area contributed by atoms with Gasteiger partial charge in [-0.05, 0) is 23.6 Å². The third-order valence-corrected chi connectivity index (χ3v) is 3.85. The number of thiophene rings is 1. The average Bonchev–Trinajstić information content (AvgIpc) is 2.91. The monoisotopic (exact) mass is 262 g/mol. The number of benzene rings is 1. The molecule has 0 fully saturated rings. The summed E-state index contributed by atoms with van der Waals surface area (Å²) in [6, 6.07) is 11.5. The Labute approximate surface area is 110 Å². The lowest BCUT2D eigenvalue weighted by molar-refractivity contribution is -0.00907. The van der Waals surface area contributed by atoms with E-state index in [1.807, 2.05) is 41.8 Å². The van der Waals surface area contributed by atoms with Gasteiger partial charge >= 0.3 is 0 Å². The van der Waals surface area contributed by atoms with Crippen LogP contribution in [0.4, 0.5) is 0 Å². The van der Waals surface area contributed by atoms with Crippen LogP contribution in [-0.4, -0.2) is 23.9 Å². The summed E-state index contributed by atoms with van der Waals surface area (Å²) in [4.78, 5) is 1.16. The third kappa shape index (κ3) is 2.35. The molecule has 3 rings (SSSR count). The zero-order valence-corrected chi connectivity index (χ0v) is 10.6. The molecule has 0 saturated heterocycles. The summed E-state index contributed by atoms with van der Waals surface area (Å²) in [7, 11) is 0. The summed E-state index contributed by atoms with van der Waals surface area (Å²) < 4.78 is 11.4. The van der Waals surface area contributed by atoms with E-state index in [0.717, 1.165) is 10.6 Å². The van der Waals surface area contributed by atoms with Gasteiger partial charge < -0.3 is 14.6 Å². The van der Waals surface area contributed by atoms with Gasteiger partial charge in [-0.3, -0.25) is 0 Å². The third-order valence-electron chi connectivity index (χ3n) is 2.95. The fourth-order valence-electron chi connectivity index (χ4n) is 1.99. The van der Waals surface area contributed by atoms with Gasteiger partial charge in [0.2, 0.25) is 0 Å². The number of ether oxygens (including phenoxy) is 2. The van der Waals surface area contributed by atoms with Crippen molar-refractivity contribution in [3.63, 3.8) is 0 Å². The standard InChI is InChI=1S/C14H14O3S/c15-11(8-10-4-3-7-18-10)14-9-16-12-5-1-2-6-13(12)17-14/h1-7,11,14-15H,8-9H2. The van der Waals surface area contributed by atoms with E-state index in [4.69, 9.17) is 9.47 Å². The van der Waals surface area contributed by atoms with Crippen molar-refractivity contribution in [2.75, 3.05) is 6.61 Å². The van der Waals surface area contributed by atoms with E-state index in [0.29, 0.717) is 18.8 Å². The zero-order valence-electron chi connectivity index (χ0n) is 9.78. The molecular formula is C14H14O3S. The molecule has 94 valence electrons. The van der Waals surface area contributed by atoms with E-state index in [-0.39, 0.29) is 6.10 Å². The summed E-state index contributed by atoms with van der Waals surface area (Å²) in [6.07, 6.45) is -0.243. The topological polar surface area (TPSA) is 38.7 Å². The molecule has 2 unspecified atom stereocenters. The van der Waals surface area contributed by atoms with Crippen molar-refractivity contribution in [3.05, 3.63) is 46.7 Å². The molecular weight excluding hydrogens is 248 g/mol. The maximum atomic E-state index is 10.2. The van der Waals surface area contributed by atoms with E-state index < -0.39 is 6.10 Å². The zero-order chi connectivity index (χ0) is 12.4. The molecule has 4 heteroatoms. The van der Waals surface area contributed by atoms with E-state index in [9.17, 15) is 5.11 Å². The van der Waals surface area contributed by atoms with Gasteiger partial charge in [-0.25, -0.2) is 0 Å². The van der Waals surface area contributed by atoms with Crippen molar-refractivity contribution < 1.29 is 14.6 Å². The van der Waals surface area contributed by atoms with E-state index in [1.54, 1.807) is 11.3 Å². The molecule has 2 aromatic rings. The normalized spacial score (nSPS) is 19.5. The summed E-state index contributed by atoms with van der Waals surface area (Å²) in [6.45, 7) is 0.392. The molecule has 0 saturated carbocycles. The van der Waals surface area contributed by atoms with Gasteiger partial charge in [0.1, 0.15) is 6.61 Å². The smallest absolute Gasteiger partial charge is 0.161 e. The minimum Gasteiger partial charge on any atom is -0.486 e. The molecule has 1 aliphatic rings. The van der Waals surface area contributed by atoms with Crippen LogP contribution in [0, 0.1) is 0 Å². The van der Waals surface area contributed by atoms with Crippen molar-refractivity contribution >= 4 is 11.3 Å². The molecule has 1 aliphatic heterocycles. The van der Waals surface area contributed by atoms with Gasteiger partial charge in [0.15, 0.2) is 17.6 Å². The Morgan fingerprint density at radius 3 is 2.83 bits per heavy atom. The fraction of sp³-hybridized carbons (Fsp3) is 0.286. The molecule has 18 heavy (non-hydrogen) atoms. The highest BCUT2D eigenvalue weighted by atomic mass is 32.1. The van der Waals surface area contributed by atoms with Crippen molar-refractivity contribution in [1.29, 1.82) is 0 Å². The average molecular weight is 262 g/mol. The Morgan fingerprint density at radius 1 is 1.22 bits per heavy atom. The first-order valence-corrected chi connectivity index (χ1v) is 6.80. The van der Waals surface area contributed by atoms with Crippen molar-refractivity contribution in [3.8, 4) is 11.5 Å². The largest absolute Gasteiger partial charge is 0.486 e. The molecule has 0 bridgehead atoms. The first kappa shape index (κ1) is 11.6. The van der Waals surface area contributed by atoms with Crippen LogP contribution < -0.4 is 9.47 Å². The van der Waals surface area contributed by atoms with Crippen LogP contribution in [0.3, 0.4) is 0 Å². The number of para-hydroxylation sites is 2. The fourth-order valence-corrected chi connectivity index (χ4v) is 2.75. The Balaban J connectivity index is 1.68. The van der Waals surface area contributed by atoms with Gasteiger partial charge in [0.05, 0.1) is 6.10 Å². The van der Waals surface area contributed by atoms with E-state index in [1.165, 1.54) is 0 Å². The molecule has 0 radical (unpaired) electrons. The second kappa shape index (κ2) is 5.00. The number of hydrogen-bond donors (Lipinski definition) is 1. The summed E-state index contributed by atoms with van der Waals surface area (Å²) in [5.41, 5.74) is 0. The second-order valence-electron chi connectivity index (χ2n) is 4.26. The first-order chi connectivity index (χ1) is 8.83. The predicted molar refractivity (Wildman–Crippen MR) is 70.4 cm³/mol. The number of rotatable bonds is 3. The SMILES string of the molecule is OC(Cc1cccs1)C1COc2ccccc2O1. The molecule has 3 nitrogen and oxygen atoms in total. The van der Waals surface area contributed by atoms with Gasteiger partial charge in [-0.1, -0.05) is 18.2 Å². The highest BCUT2D eigenvalue weighted by molar-refractivity contribution is 7.09. The first-order valence-electron chi connectivity index (χ1n) is 5.92. The number of hydrogen-bond acceptors (Lipinski definition) is 4. The Morgan fingerprint density at radius 2 is 2.06 bits per heavy atom. The Kier molecular flexibility index (Phi) is 3.21. The van der Waals surface area contributed by atoms with Crippen LogP contribution in [-0.2, 0) is 6.42 Å². The summed E-state index contributed by atoms with van der Waals surface area (Å²) >= 11 is 1.64. The quantitative estimate of drug-likeness (QED) is 0.923. The van der Waals surface area contributed by atoms with Crippen molar-refractivity contribution in [2.24, 2.45) is 0 Å². The number of fused-ring (bicyclic) bond motifs is 1. The molecule has 0 aliphatic carbocycles. The number of aliphatic hydroxyl groups is 1. The van der Waals surface area contributed by atoms with Gasteiger partial charge in [0.25, 0.3) is 0 Å². The highest BCUT2D eigenvalue weighted by Gasteiger charge is 2.27. The molecule has 0 amide bonds. The lowest BCUT2D eigenvalue weighted by Gasteiger charge is -2.29. The molecule has 1 N–H and O–H groups in total. The minimum absolute atomic E-state index is 0.304. The van der Waals surface area contributed by atoms with E-state index in [2.05, 4.69) is 0 Å². The maximum Gasteiger partial charge on any atom is 0.161 e. The van der Waals surface area contributed by atoms with Gasteiger partial charge in [-0.15, -0.1) is 11.3 Å². The van der Waals surface area contributed by atoms with Crippen LogP contribution in [0.5, 0.6) is 11.5 Å². The second-order valence-corrected chi connectivity index (χ2v) is 5.30. The lowest BCUT2D eigenvalue weighted by atomic mass is 10.1. The molecule has 0 spiro atoms. The molecule has 1 aromatic carbocycles. The Hall–Kier alpha value is -1.52. The molecule has 2 atom stereocenters. The van der Waals surface area contributed by atoms with Crippen LogP contribution in [0.1, 0.15) is 4.88 Å². The maximum absolute atomic E-state index is 10.2. The Bertz CT molecular complexity index is 510.